The van der Waals surface area contributed by atoms with E-state index in [0.29, 0.717) is 5.56 Å². The van der Waals surface area contributed by atoms with Gasteiger partial charge in [-0.25, -0.2) is 5.48 Å². The van der Waals surface area contributed by atoms with Gasteiger partial charge in [-0.2, -0.15) is 0 Å². The Kier molecular flexibility index (Phi) is 5.25. The number of rotatable bonds is 5. The van der Waals surface area contributed by atoms with Crippen LogP contribution in [-0.2, 0) is 4.79 Å². The van der Waals surface area contributed by atoms with E-state index in [1.807, 2.05) is 48.5 Å². The fourth-order valence-electron chi connectivity index (χ4n) is 1.57. The number of nitrogens with one attached hydrogen (secondary N) is 2. The van der Waals surface area contributed by atoms with Gasteiger partial charge in [-0.15, -0.1) is 0 Å². The van der Waals surface area contributed by atoms with Crippen LogP contribution in [0.2, 0.25) is 0 Å². The second-order valence-electron chi connectivity index (χ2n) is 4.11. The number of amides is 1. The normalized spacial score (nSPS) is 11.0. The first-order valence-corrected chi connectivity index (χ1v) is 6.94. The summed E-state index contributed by atoms with van der Waals surface area (Å²) >= 11 is 1.42. The van der Waals surface area contributed by atoms with Gasteiger partial charge in [-0.05, 0) is 47.9 Å². The minimum Gasteiger partial charge on any atom is -0.503 e. The highest BCUT2D eigenvalue weighted by Gasteiger charge is 2.05. The molecule has 0 saturated heterocycles. The maximum absolute atomic E-state index is 11.0. The molecule has 0 bridgehead atoms. The van der Waals surface area contributed by atoms with Gasteiger partial charge in [0.1, 0.15) is 0 Å². The van der Waals surface area contributed by atoms with E-state index in [9.17, 15) is 9.90 Å². The predicted molar refractivity (Wildman–Crippen MR) is 82.9 cm³/mol. The molecule has 0 spiro atoms. The summed E-state index contributed by atoms with van der Waals surface area (Å²) in [6.45, 7) is 0. The number of anilines is 1. The van der Waals surface area contributed by atoms with Crippen LogP contribution < -0.4 is 10.2 Å². The number of hydroxylamine groups is 1. The van der Waals surface area contributed by atoms with Gasteiger partial charge >= 0.3 is 5.91 Å². The molecule has 108 valence electrons. The molecule has 0 saturated carbocycles. The van der Waals surface area contributed by atoms with Crippen LogP contribution in [0.5, 0.6) is 0 Å². The van der Waals surface area contributed by atoms with Crippen molar-refractivity contribution in [2.24, 2.45) is 0 Å². The number of hydrogen-bond acceptors (Lipinski definition) is 5. The van der Waals surface area contributed by atoms with E-state index in [2.05, 4.69) is 4.72 Å². The maximum atomic E-state index is 11.0. The van der Waals surface area contributed by atoms with Crippen LogP contribution in [0.25, 0.3) is 6.08 Å². The topological polar surface area (TPSA) is 81.6 Å². The van der Waals surface area contributed by atoms with Crippen LogP contribution in [0.4, 0.5) is 5.69 Å². The minimum atomic E-state index is -0.949. The van der Waals surface area contributed by atoms with Gasteiger partial charge in [0, 0.05) is 10.6 Å². The molecule has 0 aliphatic rings. The Labute approximate surface area is 126 Å². The molecule has 0 aromatic heterocycles. The smallest absolute Gasteiger partial charge is 0.309 e. The Morgan fingerprint density at radius 1 is 1.10 bits per heavy atom. The Hall–Kier alpha value is -2.44. The monoisotopic (exact) mass is 302 g/mol. The summed E-state index contributed by atoms with van der Waals surface area (Å²) < 4.78 is 3.19. The molecule has 21 heavy (non-hydrogen) atoms. The van der Waals surface area contributed by atoms with Crippen molar-refractivity contribution in [3.05, 3.63) is 65.9 Å². The predicted octanol–water partition coefficient (Wildman–Crippen LogP) is 3.21. The van der Waals surface area contributed by atoms with Crippen molar-refractivity contribution < 1.29 is 15.1 Å². The SMILES string of the molecule is O=C(NO)/C(O)=C/c1cccc(SNc2ccccc2)c1. The zero-order valence-electron chi connectivity index (χ0n) is 11.0. The highest BCUT2D eigenvalue weighted by molar-refractivity contribution is 8.00. The summed E-state index contributed by atoms with van der Waals surface area (Å²) in [5.41, 5.74) is 3.00. The van der Waals surface area contributed by atoms with Gasteiger partial charge in [-0.1, -0.05) is 30.3 Å². The lowest BCUT2D eigenvalue weighted by Crippen LogP contribution is -2.20. The van der Waals surface area contributed by atoms with Crippen LogP contribution in [0.3, 0.4) is 0 Å². The molecule has 2 aromatic rings. The average molecular weight is 302 g/mol. The molecule has 2 aromatic carbocycles. The Morgan fingerprint density at radius 3 is 2.57 bits per heavy atom. The average Bonchev–Trinajstić information content (AvgIpc) is 2.53. The number of hydrogen-bond donors (Lipinski definition) is 4. The molecule has 1 amide bonds. The van der Waals surface area contributed by atoms with Crippen molar-refractivity contribution in [3.8, 4) is 0 Å². The van der Waals surface area contributed by atoms with Crippen LogP contribution in [-0.4, -0.2) is 16.2 Å². The molecule has 0 aliphatic heterocycles. The third-order valence-corrected chi connectivity index (χ3v) is 3.38. The molecule has 0 fully saturated rings. The summed E-state index contributed by atoms with van der Waals surface area (Å²) in [5, 5.41) is 17.9. The van der Waals surface area contributed by atoms with E-state index < -0.39 is 11.7 Å². The van der Waals surface area contributed by atoms with E-state index in [-0.39, 0.29) is 0 Å². The van der Waals surface area contributed by atoms with Gasteiger partial charge < -0.3 is 9.83 Å². The molecule has 4 N–H and O–H groups in total. The van der Waals surface area contributed by atoms with Crippen molar-refractivity contribution in [1.82, 2.24) is 5.48 Å². The quantitative estimate of drug-likeness (QED) is 0.224. The van der Waals surface area contributed by atoms with Gasteiger partial charge in [0.15, 0.2) is 5.76 Å². The van der Waals surface area contributed by atoms with E-state index in [1.165, 1.54) is 23.5 Å². The van der Waals surface area contributed by atoms with Crippen LogP contribution >= 0.6 is 11.9 Å². The second-order valence-corrected chi connectivity index (χ2v) is 4.99. The Morgan fingerprint density at radius 2 is 1.86 bits per heavy atom. The zero-order chi connectivity index (χ0) is 15.1. The first-order valence-electron chi connectivity index (χ1n) is 6.12. The largest absolute Gasteiger partial charge is 0.503 e. The highest BCUT2D eigenvalue weighted by Crippen LogP contribution is 2.22. The molecule has 6 heteroatoms. The number of para-hydroxylation sites is 1. The third kappa shape index (κ3) is 4.55. The van der Waals surface area contributed by atoms with E-state index >= 15 is 0 Å². The number of aliphatic hydroxyl groups excluding tert-OH is 1. The van der Waals surface area contributed by atoms with Gasteiger partial charge in [0.2, 0.25) is 0 Å². The van der Waals surface area contributed by atoms with Crippen LogP contribution in [0, 0.1) is 0 Å². The van der Waals surface area contributed by atoms with Gasteiger partial charge in [0.25, 0.3) is 0 Å². The summed E-state index contributed by atoms with van der Waals surface area (Å²) in [7, 11) is 0. The van der Waals surface area contributed by atoms with Crippen LogP contribution in [0.15, 0.2) is 65.3 Å². The molecular formula is C15H14N2O3S. The standard InChI is InChI=1S/C15H14N2O3S/c18-14(15(19)16-20)10-11-5-4-8-13(9-11)21-17-12-6-2-1-3-7-12/h1-10,17-18,20H,(H,16,19)/b14-10-. The van der Waals surface area contributed by atoms with Crippen molar-refractivity contribution in [3.63, 3.8) is 0 Å². The lowest BCUT2D eigenvalue weighted by atomic mass is 10.2. The number of carbonyl (C=O) groups is 1. The molecule has 0 atom stereocenters. The zero-order valence-corrected chi connectivity index (χ0v) is 11.8. The van der Waals surface area contributed by atoms with Gasteiger partial charge in [0.05, 0.1) is 0 Å². The molecular weight excluding hydrogens is 288 g/mol. The minimum absolute atomic E-state index is 0.560. The fourth-order valence-corrected chi connectivity index (χ4v) is 2.29. The lowest BCUT2D eigenvalue weighted by Gasteiger charge is -2.06. The summed E-state index contributed by atoms with van der Waals surface area (Å²) in [5.74, 6) is -1.51. The molecule has 0 unspecified atom stereocenters. The Bertz CT molecular complexity index is 644. The van der Waals surface area contributed by atoms with Crippen molar-refractivity contribution in [2.45, 2.75) is 4.90 Å². The number of carbonyl (C=O) groups excluding carboxylic acids is 1. The first-order chi connectivity index (χ1) is 10.2. The maximum Gasteiger partial charge on any atom is 0.309 e. The highest BCUT2D eigenvalue weighted by atomic mass is 32.2. The third-order valence-electron chi connectivity index (χ3n) is 2.56. The number of benzene rings is 2. The molecule has 0 radical (unpaired) electrons. The summed E-state index contributed by atoms with van der Waals surface area (Å²) in [6, 6.07) is 17.0. The molecule has 0 heterocycles. The van der Waals surface area contributed by atoms with E-state index in [4.69, 9.17) is 5.21 Å². The number of aliphatic hydroxyl groups is 1. The Balaban J connectivity index is 2.06. The van der Waals surface area contributed by atoms with E-state index in [0.717, 1.165) is 10.6 Å². The first kappa shape index (κ1) is 15.0. The summed E-state index contributed by atoms with van der Waals surface area (Å²) in [6.07, 6.45) is 1.28. The molecule has 2 rings (SSSR count). The summed E-state index contributed by atoms with van der Waals surface area (Å²) in [4.78, 5) is 11.9. The fraction of sp³-hybridized carbons (Fsp3) is 0. The van der Waals surface area contributed by atoms with Crippen molar-refractivity contribution in [2.75, 3.05) is 4.72 Å². The molecule has 0 aliphatic carbocycles. The van der Waals surface area contributed by atoms with E-state index in [1.54, 1.807) is 6.07 Å². The lowest BCUT2D eigenvalue weighted by molar-refractivity contribution is -0.127. The van der Waals surface area contributed by atoms with Crippen molar-refractivity contribution >= 4 is 29.6 Å². The second kappa shape index (κ2) is 7.37. The van der Waals surface area contributed by atoms with Crippen molar-refractivity contribution in [1.29, 1.82) is 0 Å². The van der Waals surface area contributed by atoms with Crippen LogP contribution in [0.1, 0.15) is 5.56 Å². The van der Waals surface area contributed by atoms with Gasteiger partial charge in [-0.3, -0.25) is 10.0 Å². The molecule has 5 nitrogen and oxygen atoms in total.